The predicted molar refractivity (Wildman–Crippen MR) is 98.1 cm³/mol. The standard InChI is InChI=1S/C20H25N3/c1-14-4-7-18-17(12-14)20(2,3)16-6-5-15(13-19(16)22-18)23-10-8-21-9-11-23/h4-7,12-13,21-22H,8-11H2,1-3H3. The molecule has 3 nitrogen and oxygen atoms in total. The molecule has 3 heteroatoms. The third kappa shape index (κ3) is 2.40. The maximum Gasteiger partial charge on any atom is 0.0446 e. The molecule has 0 atom stereocenters. The highest BCUT2D eigenvalue weighted by Gasteiger charge is 2.32. The van der Waals surface area contributed by atoms with Gasteiger partial charge in [-0.15, -0.1) is 0 Å². The van der Waals surface area contributed by atoms with E-state index in [2.05, 4.69) is 72.7 Å². The second-order valence-electron chi connectivity index (χ2n) is 7.27. The molecule has 120 valence electrons. The van der Waals surface area contributed by atoms with Crippen molar-refractivity contribution in [3.63, 3.8) is 0 Å². The highest BCUT2D eigenvalue weighted by Crippen LogP contribution is 2.46. The van der Waals surface area contributed by atoms with Gasteiger partial charge in [-0.25, -0.2) is 0 Å². The van der Waals surface area contributed by atoms with Crippen molar-refractivity contribution in [1.29, 1.82) is 0 Å². The summed E-state index contributed by atoms with van der Waals surface area (Å²) in [4.78, 5) is 2.47. The first-order valence-electron chi connectivity index (χ1n) is 8.54. The van der Waals surface area contributed by atoms with Gasteiger partial charge in [-0.1, -0.05) is 37.6 Å². The minimum atomic E-state index is 0.0317. The van der Waals surface area contributed by atoms with Crippen LogP contribution in [-0.2, 0) is 5.41 Å². The molecule has 23 heavy (non-hydrogen) atoms. The molecule has 2 aromatic carbocycles. The molecule has 2 aliphatic heterocycles. The Morgan fingerprint density at radius 1 is 0.913 bits per heavy atom. The number of benzene rings is 2. The average molecular weight is 307 g/mol. The van der Waals surface area contributed by atoms with Crippen LogP contribution >= 0.6 is 0 Å². The van der Waals surface area contributed by atoms with Crippen LogP contribution in [0.4, 0.5) is 17.1 Å². The number of anilines is 3. The largest absolute Gasteiger partial charge is 0.369 e. The molecule has 0 saturated carbocycles. The van der Waals surface area contributed by atoms with E-state index in [1.807, 2.05) is 0 Å². The van der Waals surface area contributed by atoms with Crippen LogP contribution in [0.5, 0.6) is 0 Å². The van der Waals surface area contributed by atoms with Crippen molar-refractivity contribution in [2.45, 2.75) is 26.2 Å². The lowest BCUT2D eigenvalue weighted by Gasteiger charge is -2.37. The molecule has 0 aromatic heterocycles. The van der Waals surface area contributed by atoms with Gasteiger partial charge in [0.05, 0.1) is 0 Å². The van der Waals surface area contributed by atoms with Crippen LogP contribution in [0.1, 0.15) is 30.5 Å². The van der Waals surface area contributed by atoms with Gasteiger partial charge in [-0.2, -0.15) is 0 Å². The van der Waals surface area contributed by atoms with E-state index in [0.29, 0.717) is 0 Å². The Balaban J connectivity index is 1.76. The first kappa shape index (κ1) is 14.6. The van der Waals surface area contributed by atoms with Gasteiger partial charge in [0, 0.05) is 48.7 Å². The van der Waals surface area contributed by atoms with E-state index in [0.717, 1.165) is 26.2 Å². The summed E-state index contributed by atoms with van der Waals surface area (Å²) in [6.07, 6.45) is 0. The Bertz CT molecular complexity index is 743. The van der Waals surface area contributed by atoms with Crippen LogP contribution in [0.2, 0.25) is 0 Å². The molecule has 0 aliphatic carbocycles. The van der Waals surface area contributed by atoms with Crippen molar-refractivity contribution >= 4 is 17.1 Å². The molecule has 0 radical (unpaired) electrons. The molecule has 0 amide bonds. The highest BCUT2D eigenvalue weighted by molar-refractivity contribution is 5.78. The van der Waals surface area contributed by atoms with E-state index in [1.165, 1.54) is 33.8 Å². The molecule has 2 aliphatic rings. The zero-order valence-corrected chi connectivity index (χ0v) is 14.2. The van der Waals surface area contributed by atoms with E-state index in [-0.39, 0.29) is 5.41 Å². The quantitative estimate of drug-likeness (QED) is 0.839. The van der Waals surface area contributed by atoms with Crippen LogP contribution in [0.25, 0.3) is 0 Å². The lowest BCUT2D eigenvalue weighted by atomic mass is 9.74. The summed E-state index contributed by atoms with van der Waals surface area (Å²) in [7, 11) is 0. The van der Waals surface area contributed by atoms with Crippen LogP contribution in [-0.4, -0.2) is 26.2 Å². The number of fused-ring (bicyclic) bond motifs is 2. The smallest absolute Gasteiger partial charge is 0.0446 e. The predicted octanol–water partition coefficient (Wildman–Crippen LogP) is 3.79. The van der Waals surface area contributed by atoms with Crippen LogP contribution in [0.15, 0.2) is 36.4 Å². The average Bonchev–Trinajstić information content (AvgIpc) is 2.56. The molecule has 0 unspecified atom stereocenters. The van der Waals surface area contributed by atoms with Gasteiger partial charge in [-0.05, 0) is 36.2 Å². The normalized spacial score (nSPS) is 18.8. The zero-order chi connectivity index (χ0) is 16.0. The molecule has 2 N–H and O–H groups in total. The molecule has 0 spiro atoms. The fraction of sp³-hybridized carbons (Fsp3) is 0.400. The van der Waals surface area contributed by atoms with Crippen LogP contribution in [0.3, 0.4) is 0 Å². The Labute approximate surface area is 138 Å². The van der Waals surface area contributed by atoms with E-state index in [4.69, 9.17) is 0 Å². The first-order valence-corrected chi connectivity index (χ1v) is 8.54. The van der Waals surface area contributed by atoms with Crippen molar-refractivity contribution < 1.29 is 0 Å². The number of aryl methyl sites for hydroxylation is 1. The second-order valence-corrected chi connectivity index (χ2v) is 7.27. The van der Waals surface area contributed by atoms with Gasteiger partial charge < -0.3 is 15.5 Å². The van der Waals surface area contributed by atoms with Gasteiger partial charge in [0.25, 0.3) is 0 Å². The summed E-state index contributed by atoms with van der Waals surface area (Å²) in [5.74, 6) is 0. The van der Waals surface area contributed by atoms with E-state index in [1.54, 1.807) is 0 Å². The number of nitrogens with zero attached hydrogens (tertiary/aromatic N) is 1. The first-order chi connectivity index (χ1) is 11.1. The molecule has 2 aromatic rings. The van der Waals surface area contributed by atoms with Gasteiger partial charge in [0.15, 0.2) is 0 Å². The molecule has 4 rings (SSSR count). The lowest BCUT2D eigenvalue weighted by molar-refractivity contribution is 0.588. The van der Waals surface area contributed by atoms with Crippen molar-refractivity contribution in [1.82, 2.24) is 5.32 Å². The Morgan fingerprint density at radius 2 is 1.70 bits per heavy atom. The summed E-state index contributed by atoms with van der Waals surface area (Å²) in [5.41, 5.74) is 7.94. The monoisotopic (exact) mass is 307 g/mol. The second kappa shape index (κ2) is 5.27. The maximum atomic E-state index is 3.66. The Kier molecular flexibility index (Phi) is 3.34. The molecule has 2 heterocycles. The number of hydrogen-bond donors (Lipinski definition) is 2. The van der Waals surface area contributed by atoms with E-state index >= 15 is 0 Å². The number of nitrogens with one attached hydrogen (secondary N) is 2. The van der Waals surface area contributed by atoms with E-state index in [9.17, 15) is 0 Å². The lowest BCUT2D eigenvalue weighted by Crippen LogP contribution is -2.43. The molecular formula is C20H25N3. The van der Waals surface area contributed by atoms with Crippen molar-refractivity contribution in [2.24, 2.45) is 0 Å². The molecular weight excluding hydrogens is 282 g/mol. The van der Waals surface area contributed by atoms with Gasteiger partial charge >= 0.3 is 0 Å². The number of rotatable bonds is 1. The molecule has 1 fully saturated rings. The summed E-state index contributed by atoms with van der Waals surface area (Å²) in [6, 6.07) is 13.6. The fourth-order valence-corrected chi connectivity index (χ4v) is 3.87. The molecule has 1 saturated heterocycles. The molecule has 0 bridgehead atoms. The van der Waals surface area contributed by atoms with Gasteiger partial charge in [0.2, 0.25) is 0 Å². The summed E-state index contributed by atoms with van der Waals surface area (Å²) in [6.45, 7) is 11.1. The third-order valence-corrected chi connectivity index (χ3v) is 5.28. The topological polar surface area (TPSA) is 27.3 Å². The van der Waals surface area contributed by atoms with Gasteiger partial charge in [0.1, 0.15) is 0 Å². The van der Waals surface area contributed by atoms with Gasteiger partial charge in [-0.3, -0.25) is 0 Å². The van der Waals surface area contributed by atoms with Crippen molar-refractivity contribution in [2.75, 3.05) is 36.4 Å². The summed E-state index contributed by atoms with van der Waals surface area (Å²) in [5, 5.41) is 7.08. The van der Waals surface area contributed by atoms with Crippen molar-refractivity contribution in [3.05, 3.63) is 53.1 Å². The number of hydrogen-bond acceptors (Lipinski definition) is 3. The van der Waals surface area contributed by atoms with Crippen LogP contribution < -0.4 is 15.5 Å². The SMILES string of the molecule is Cc1ccc2c(c1)C(C)(C)c1ccc(N3CCNCC3)cc1N2. The fourth-order valence-electron chi connectivity index (χ4n) is 3.87. The van der Waals surface area contributed by atoms with E-state index < -0.39 is 0 Å². The summed E-state index contributed by atoms with van der Waals surface area (Å²) < 4.78 is 0. The van der Waals surface area contributed by atoms with Crippen molar-refractivity contribution in [3.8, 4) is 0 Å². The number of piperazine rings is 1. The minimum Gasteiger partial charge on any atom is -0.369 e. The minimum absolute atomic E-state index is 0.0317. The Morgan fingerprint density at radius 3 is 2.48 bits per heavy atom. The Hall–Kier alpha value is -2.00. The summed E-state index contributed by atoms with van der Waals surface area (Å²) >= 11 is 0. The van der Waals surface area contributed by atoms with Crippen LogP contribution in [0, 0.1) is 6.92 Å². The zero-order valence-electron chi connectivity index (χ0n) is 14.2. The maximum absolute atomic E-state index is 3.66. The third-order valence-electron chi connectivity index (χ3n) is 5.28. The highest BCUT2D eigenvalue weighted by atomic mass is 15.2.